The van der Waals surface area contributed by atoms with Crippen molar-refractivity contribution in [3.63, 3.8) is 0 Å². The lowest BCUT2D eigenvalue weighted by molar-refractivity contribution is -0.0729. The summed E-state index contributed by atoms with van der Waals surface area (Å²) < 4.78 is 5.57. The molecule has 0 amide bonds. The van der Waals surface area contributed by atoms with Gasteiger partial charge in [-0.15, -0.1) is 0 Å². The predicted octanol–water partition coefficient (Wildman–Crippen LogP) is 2.65. The molecular weight excluding hydrogens is 222 g/mol. The van der Waals surface area contributed by atoms with E-state index in [-0.39, 0.29) is 0 Å². The summed E-state index contributed by atoms with van der Waals surface area (Å²) in [6, 6.07) is 8.83. The van der Waals surface area contributed by atoms with E-state index in [1.165, 1.54) is 43.5 Å². The van der Waals surface area contributed by atoms with Crippen molar-refractivity contribution in [2.75, 3.05) is 26.3 Å². The minimum Gasteiger partial charge on any atom is -0.379 e. The van der Waals surface area contributed by atoms with Crippen molar-refractivity contribution in [1.29, 1.82) is 0 Å². The van der Waals surface area contributed by atoms with Crippen LogP contribution in [0.1, 0.15) is 30.4 Å². The molecule has 18 heavy (non-hydrogen) atoms. The SMILES string of the molecule is Cc1ccccc1C1(CC2CCCNC2)COC1. The average molecular weight is 245 g/mol. The zero-order valence-electron chi connectivity index (χ0n) is 11.2. The normalized spacial score (nSPS) is 26.6. The molecule has 0 spiro atoms. The maximum Gasteiger partial charge on any atom is 0.0585 e. The second kappa shape index (κ2) is 5.02. The predicted molar refractivity (Wildman–Crippen MR) is 73.9 cm³/mol. The van der Waals surface area contributed by atoms with Gasteiger partial charge in [0.15, 0.2) is 0 Å². The van der Waals surface area contributed by atoms with Crippen molar-refractivity contribution in [2.45, 2.75) is 31.6 Å². The van der Waals surface area contributed by atoms with Crippen LogP contribution in [0.3, 0.4) is 0 Å². The van der Waals surface area contributed by atoms with Gasteiger partial charge in [-0.1, -0.05) is 24.3 Å². The van der Waals surface area contributed by atoms with Gasteiger partial charge in [-0.2, -0.15) is 0 Å². The first-order valence-corrected chi connectivity index (χ1v) is 7.15. The van der Waals surface area contributed by atoms with Crippen LogP contribution in [0.15, 0.2) is 24.3 Å². The molecule has 1 atom stereocenters. The molecule has 0 radical (unpaired) electrons. The molecule has 2 saturated heterocycles. The molecule has 1 N–H and O–H groups in total. The quantitative estimate of drug-likeness (QED) is 0.884. The van der Waals surface area contributed by atoms with Gasteiger partial charge in [0.1, 0.15) is 0 Å². The first kappa shape index (κ1) is 12.2. The number of nitrogens with one attached hydrogen (secondary N) is 1. The van der Waals surface area contributed by atoms with Crippen LogP contribution in [0.5, 0.6) is 0 Å². The molecule has 1 unspecified atom stereocenters. The Hall–Kier alpha value is -0.860. The van der Waals surface area contributed by atoms with Gasteiger partial charge in [-0.3, -0.25) is 0 Å². The van der Waals surface area contributed by atoms with Crippen molar-refractivity contribution in [3.8, 4) is 0 Å². The molecule has 2 aliphatic rings. The first-order valence-electron chi connectivity index (χ1n) is 7.15. The third-order valence-electron chi connectivity index (χ3n) is 4.55. The summed E-state index contributed by atoms with van der Waals surface area (Å²) in [6.07, 6.45) is 3.99. The molecule has 2 heteroatoms. The van der Waals surface area contributed by atoms with Crippen molar-refractivity contribution in [2.24, 2.45) is 5.92 Å². The van der Waals surface area contributed by atoms with Gasteiger partial charge in [0.2, 0.25) is 0 Å². The number of benzene rings is 1. The van der Waals surface area contributed by atoms with Gasteiger partial charge in [0, 0.05) is 5.41 Å². The lowest BCUT2D eigenvalue weighted by Crippen LogP contribution is -2.50. The molecule has 0 aromatic heterocycles. The fraction of sp³-hybridized carbons (Fsp3) is 0.625. The van der Waals surface area contributed by atoms with Gasteiger partial charge in [0.05, 0.1) is 13.2 Å². The zero-order valence-corrected chi connectivity index (χ0v) is 11.2. The van der Waals surface area contributed by atoms with Crippen LogP contribution in [0.25, 0.3) is 0 Å². The molecular formula is C16H23NO. The molecule has 0 bridgehead atoms. The van der Waals surface area contributed by atoms with Gasteiger partial charge in [-0.25, -0.2) is 0 Å². The highest BCUT2D eigenvalue weighted by Gasteiger charge is 2.42. The summed E-state index contributed by atoms with van der Waals surface area (Å²) in [5.41, 5.74) is 3.24. The molecule has 2 heterocycles. The Labute approximate surface area is 110 Å². The van der Waals surface area contributed by atoms with Gasteiger partial charge >= 0.3 is 0 Å². The minimum absolute atomic E-state index is 0.301. The highest BCUT2D eigenvalue weighted by Crippen LogP contribution is 2.40. The van der Waals surface area contributed by atoms with Crippen molar-refractivity contribution in [1.82, 2.24) is 5.32 Å². The first-order chi connectivity index (χ1) is 8.80. The maximum atomic E-state index is 5.57. The summed E-state index contributed by atoms with van der Waals surface area (Å²) >= 11 is 0. The maximum absolute atomic E-state index is 5.57. The number of rotatable bonds is 3. The number of hydrogen-bond donors (Lipinski definition) is 1. The number of aryl methyl sites for hydroxylation is 1. The second-order valence-corrected chi connectivity index (χ2v) is 6.00. The van der Waals surface area contributed by atoms with Crippen LogP contribution in [0.4, 0.5) is 0 Å². The van der Waals surface area contributed by atoms with Crippen LogP contribution < -0.4 is 5.32 Å². The van der Waals surface area contributed by atoms with Crippen LogP contribution >= 0.6 is 0 Å². The monoisotopic (exact) mass is 245 g/mol. The van der Waals surface area contributed by atoms with Crippen LogP contribution in [0, 0.1) is 12.8 Å². The van der Waals surface area contributed by atoms with Crippen LogP contribution in [0.2, 0.25) is 0 Å². The van der Waals surface area contributed by atoms with E-state index in [2.05, 4.69) is 36.5 Å². The molecule has 0 aliphatic carbocycles. The fourth-order valence-electron chi connectivity index (χ4n) is 3.55. The Morgan fingerprint density at radius 2 is 2.17 bits per heavy atom. The molecule has 2 nitrogen and oxygen atoms in total. The van der Waals surface area contributed by atoms with Gasteiger partial charge < -0.3 is 10.1 Å². The third-order valence-corrected chi connectivity index (χ3v) is 4.55. The highest BCUT2D eigenvalue weighted by molar-refractivity contribution is 5.35. The molecule has 3 rings (SSSR count). The Morgan fingerprint density at radius 1 is 1.33 bits per heavy atom. The molecule has 2 aliphatic heterocycles. The summed E-state index contributed by atoms with van der Waals surface area (Å²) in [5.74, 6) is 0.822. The van der Waals surface area contributed by atoms with E-state index in [9.17, 15) is 0 Å². The molecule has 1 aromatic carbocycles. The third kappa shape index (κ3) is 2.19. The lowest BCUT2D eigenvalue weighted by Gasteiger charge is -2.45. The van der Waals surface area contributed by atoms with Crippen molar-refractivity contribution >= 4 is 0 Å². The summed E-state index contributed by atoms with van der Waals surface area (Å²) in [5, 5.41) is 3.53. The topological polar surface area (TPSA) is 21.3 Å². The van der Waals surface area contributed by atoms with E-state index in [0.717, 1.165) is 19.1 Å². The Kier molecular flexibility index (Phi) is 3.40. The van der Waals surface area contributed by atoms with E-state index in [1.807, 2.05) is 0 Å². The summed E-state index contributed by atoms with van der Waals surface area (Å²) in [4.78, 5) is 0. The smallest absolute Gasteiger partial charge is 0.0585 e. The number of hydrogen-bond acceptors (Lipinski definition) is 2. The fourth-order valence-corrected chi connectivity index (χ4v) is 3.55. The Morgan fingerprint density at radius 3 is 2.78 bits per heavy atom. The highest BCUT2D eigenvalue weighted by atomic mass is 16.5. The number of piperidine rings is 1. The molecule has 0 saturated carbocycles. The van der Waals surface area contributed by atoms with E-state index in [4.69, 9.17) is 4.74 Å². The molecule has 98 valence electrons. The molecule has 2 fully saturated rings. The van der Waals surface area contributed by atoms with E-state index < -0.39 is 0 Å². The van der Waals surface area contributed by atoms with Gasteiger partial charge in [0.25, 0.3) is 0 Å². The van der Waals surface area contributed by atoms with E-state index in [0.29, 0.717) is 5.41 Å². The number of ether oxygens (including phenoxy) is 1. The zero-order chi connectivity index (χ0) is 12.4. The van der Waals surface area contributed by atoms with Crippen molar-refractivity contribution in [3.05, 3.63) is 35.4 Å². The minimum atomic E-state index is 0.301. The molecule has 1 aromatic rings. The lowest BCUT2D eigenvalue weighted by atomic mass is 9.70. The van der Waals surface area contributed by atoms with E-state index in [1.54, 1.807) is 0 Å². The average Bonchev–Trinajstić information content (AvgIpc) is 2.36. The Bertz CT molecular complexity index is 405. The van der Waals surface area contributed by atoms with Gasteiger partial charge in [-0.05, 0) is 56.3 Å². The standard InChI is InChI=1S/C16H23NO/c1-13-5-2-3-7-15(13)16(11-18-12-16)9-14-6-4-8-17-10-14/h2-3,5,7,14,17H,4,6,8-12H2,1H3. The van der Waals surface area contributed by atoms with Crippen molar-refractivity contribution < 1.29 is 4.74 Å². The summed E-state index contributed by atoms with van der Waals surface area (Å²) in [7, 11) is 0. The second-order valence-electron chi connectivity index (χ2n) is 6.00. The van der Waals surface area contributed by atoms with Crippen LogP contribution in [-0.4, -0.2) is 26.3 Å². The largest absolute Gasteiger partial charge is 0.379 e. The Balaban J connectivity index is 1.79. The summed E-state index contributed by atoms with van der Waals surface area (Å²) in [6.45, 7) is 6.44. The van der Waals surface area contributed by atoms with Crippen LogP contribution in [-0.2, 0) is 10.2 Å². The van der Waals surface area contributed by atoms with E-state index >= 15 is 0 Å².